The highest BCUT2D eigenvalue weighted by Crippen LogP contribution is 2.29. The Labute approximate surface area is 761 Å². The van der Waals surface area contributed by atoms with Gasteiger partial charge in [-0.25, -0.2) is 0 Å². The van der Waals surface area contributed by atoms with Gasteiger partial charge in [0.25, 0.3) is 0 Å². The van der Waals surface area contributed by atoms with Gasteiger partial charge in [-0.3, -0.25) is 14.4 Å². The molecular formula is C91H132Br5F6N5O15. The Kier molecular flexibility index (Phi) is 71.5. The number of hydrogen-bond acceptors (Lipinski definition) is 17. The zero-order valence-electron chi connectivity index (χ0n) is 71.7. The highest BCUT2D eigenvalue weighted by molar-refractivity contribution is 9.11. The molecule has 0 bridgehead atoms. The van der Waals surface area contributed by atoms with Gasteiger partial charge in [-0.1, -0.05) is 301 Å². The molecule has 0 fully saturated rings. The third-order valence-electron chi connectivity index (χ3n) is 17.1. The number of carbonyl (C=O) groups is 3. The maximum atomic E-state index is 12.2. The molecule has 0 aliphatic carbocycles. The van der Waals surface area contributed by atoms with E-state index in [-0.39, 0.29) is 37.1 Å². The molecule has 0 heterocycles. The number of aryl methyl sites for hydroxylation is 1. The van der Waals surface area contributed by atoms with Crippen LogP contribution in [0.5, 0.6) is 0 Å². The summed E-state index contributed by atoms with van der Waals surface area (Å²) in [5, 5.41) is 108. The van der Waals surface area contributed by atoms with Crippen molar-refractivity contribution < 1.29 is 102 Å². The summed E-state index contributed by atoms with van der Waals surface area (Å²) in [7, 11) is 1.00. The van der Waals surface area contributed by atoms with Gasteiger partial charge in [-0.05, 0) is 165 Å². The van der Waals surface area contributed by atoms with Gasteiger partial charge in [0, 0.05) is 75.3 Å². The Hall–Kier alpha value is -6.01. The zero-order chi connectivity index (χ0) is 92.1. The highest BCUT2D eigenvalue weighted by atomic mass is 79.9. The fraction of sp³-hybridized carbons (Fsp3) is 0.505. The Balaban J connectivity index is -0.000000440. The van der Waals surface area contributed by atoms with Crippen molar-refractivity contribution in [2.75, 3.05) is 50.6 Å². The summed E-state index contributed by atoms with van der Waals surface area (Å²) in [5.41, 5.74) is 14.1. The molecule has 22 N–H and O–H groups in total. The number of nitrogens with one attached hydrogen (secondary N) is 2. The average Bonchev–Trinajstić information content (AvgIpc) is 0.865. The molecule has 0 radical (unpaired) electrons. The second-order valence-corrected chi connectivity index (χ2v) is 31.5. The number of aliphatic hydroxyl groups excluding tert-OH is 7. The number of alkyl halides is 8. The first kappa shape index (κ1) is 125. The van der Waals surface area contributed by atoms with Crippen molar-refractivity contribution >= 4 is 97.2 Å². The van der Waals surface area contributed by atoms with E-state index in [0.29, 0.717) is 57.5 Å². The largest absolute Gasteiger partial charge is 0.471 e. The number of aliphatic hydroxyl groups is 11. The molecule has 0 saturated carbocycles. The van der Waals surface area contributed by atoms with Crippen LogP contribution in [0.1, 0.15) is 257 Å². The van der Waals surface area contributed by atoms with Crippen LogP contribution in [0.2, 0.25) is 0 Å². The van der Waals surface area contributed by atoms with E-state index in [1.807, 2.05) is 133 Å². The number of terminal acetylenes is 1. The lowest BCUT2D eigenvalue weighted by Crippen LogP contribution is -2.38. The van der Waals surface area contributed by atoms with Crippen LogP contribution in [0.4, 0.5) is 26.3 Å². The van der Waals surface area contributed by atoms with Crippen LogP contribution in [0.15, 0.2) is 159 Å². The Morgan fingerprint density at radius 1 is 0.443 bits per heavy atom. The smallest absolute Gasteiger partial charge is 0.412 e. The maximum absolute atomic E-state index is 12.2. The van der Waals surface area contributed by atoms with Crippen molar-refractivity contribution in [2.24, 2.45) is 11.5 Å². The summed E-state index contributed by atoms with van der Waals surface area (Å²) in [6.07, 6.45) is 5.56. The first-order chi connectivity index (χ1) is 56.6. The molecule has 0 spiro atoms. The van der Waals surface area contributed by atoms with E-state index >= 15 is 0 Å². The van der Waals surface area contributed by atoms with Gasteiger partial charge in [0.2, 0.25) is 0 Å². The first-order valence-electron chi connectivity index (χ1n) is 39.8. The third-order valence-corrected chi connectivity index (χ3v) is 19.7. The minimum atomic E-state index is -4.99. The molecule has 6 aromatic rings. The van der Waals surface area contributed by atoms with Crippen LogP contribution in [0, 0.1) is 36.0 Å². The van der Waals surface area contributed by atoms with E-state index in [2.05, 4.69) is 123 Å². The third kappa shape index (κ3) is 56.1. The van der Waals surface area contributed by atoms with Crippen LogP contribution in [-0.4, -0.2) is 165 Å². The maximum Gasteiger partial charge on any atom is 0.471 e. The fourth-order valence-corrected chi connectivity index (χ4v) is 13.2. The second kappa shape index (κ2) is 70.1. The minimum absolute atomic E-state index is 0. The zero-order valence-corrected chi connectivity index (χ0v) is 79.6. The van der Waals surface area contributed by atoms with Crippen LogP contribution < -0.4 is 28.3 Å². The van der Waals surface area contributed by atoms with Gasteiger partial charge in [0.1, 0.15) is 16.8 Å². The number of Topliss-reactive ketones (excluding diaryl/α,β-unsaturated/α-hetero) is 1. The molecule has 0 aliphatic heterocycles. The standard InChI is InChI=1S/C19H24F3NO3.C17H29NO2.C17H25NO2.C10H9BrF3NO2.C9H16O.C8H8Br2O.C8H6Br2O.C2H6O.CH4O.H3N.H2O/c1-3-9-18(26,10-4-2)11-8-14-6-5-7-15(12-14)16(24)13-23-17(25)19(20,21)22;2*1-3-9-17(20,10-4-2)11-8-14-6-5-7-15(12-14)16(19)13-18;11-7-3-1-2-6(4-7)8(16)5-15-9(17)10(12,13)14;1-4-7-9(10,6-3)8-5-2;2*9-5-8(11)6-2-1-3-7(10)4-6;1-2-3;1-2;;/h5-7,12,16,24,26H,3-4,9-10,13H2,1-2H3,(H,23,25);5-7,12,16,19-20H,3-4,8-11,13,18H2,1-2H3;5-7,12,16,19-20H,3-4,9-10,13,18H2,1-2H3;1-4,8,16H,5H2,(H,15,17);3,10H,4-5,7-8H2,1-2H3;1-4,8,11H,5H2;1-4H,5H2;3H,2H2,1H3;2H,1H3;1H3;1H2/t3*16-;8-;;8-;;;;;/m1111.1...../s1. The van der Waals surface area contributed by atoms with Crippen molar-refractivity contribution in [1.29, 1.82) is 0 Å². The monoisotopic (exact) mass is 2040 g/mol. The van der Waals surface area contributed by atoms with Gasteiger partial charge in [-0.2, -0.15) is 26.3 Å². The molecule has 688 valence electrons. The van der Waals surface area contributed by atoms with E-state index < -0.39 is 90.2 Å². The van der Waals surface area contributed by atoms with Crippen LogP contribution in [-0.2, 0) is 16.0 Å². The van der Waals surface area contributed by atoms with E-state index in [4.69, 9.17) is 28.1 Å². The Bertz CT molecular complexity index is 3950. The lowest BCUT2D eigenvalue weighted by Gasteiger charge is -2.27. The summed E-state index contributed by atoms with van der Waals surface area (Å²) in [5.74, 6) is 10.1. The summed E-state index contributed by atoms with van der Waals surface area (Å²) in [4.78, 5) is 32.4. The SMILES string of the molecule is C#CC(O)(CCC)CCC.CCCC(O)(C#Cc1cccc([C@H](O)CN)c1)CCC.CCCC(O)(C#Cc1cccc([C@H](O)CNC(=O)C(F)(F)F)c1)CCC.CCCC(O)(CCC)CCc1cccc([C@H](O)CN)c1.CCO.CO.N.O.O=C(CBr)c1cccc(Br)c1.O=C(NC[C@@H](O)c1cccc(Br)c1)C(F)(F)F.O[C@H](CBr)c1cccc(Br)c1. The van der Waals surface area contributed by atoms with Crippen molar-refractivity contribution in [3.63, 3.8) is 0 Å². The lowest BCUT2D eigenvalue weighted by molar-refractivity contribution is -0.174. The molecule has 0 unspecified atom stereocenters. The van der Waals surface area contributed by atoms with E-state index in [1.165, 1.54) is 12.1 Å². The molecule has 0 aliphatic rings. The molecular weight excluding hydrogens is 1920 g/mol. The number of hydrogen-bond donors (Lipinski definition) is 16. The molecule has 2 amide bonds. The average molecular weight is 2050 g/mol. The van der Waals surface area contributed by atoms with E-state index in [9.17, 15) is 86.7 Å². The molecule has 6 rings (SSSR count). The van der Waals surface area contributed by atoms with Crippen LogP contribution >= 0.6 is 79.6 Å². The van der Waals surface area contributed by atoms with E-state index in [0.717, 1.165) is 139 Å². The second-order valence-electron chi connectivity index (χ2n) is 27.6. The topological polar surface area (TPSA) is 416 Å². The number of ketones is 1. The number of rotatable bonds is 33. The summed E-state index contributed by atoms with van der Waals surface area (Å²) >= 11 is 16.1. The number of amides is 2. The summed E-state index contributed by atoms with van der Waals surface area (Å²) < 4.78 is 74.7. The summed E-state index contributed by atoms with van der Waals surface area (Å²) in [6.45, 7) is 17.6. The van der Waals surface area contributed by atoms with Crippen LogP contribution in [0.3, 0.4) is 0 Å². The van der Waals surface area contributed by atoms with Crippen molar-refractivity contribution in [2.45, 2.75) is 243 Å². The molecule has 6 aromatic carbocycles. The number of benzene rings is 6. The molecule has 5 atom stereocenters. The quantitative estimate of drug-likeness (QED) is 0.00787. The molecule has 122 heavy (non-hydrogen) atoms. The normalized spacial score (nSPS) is 12.0. The molecule has 20 nitrogen and oxygen atoms in total. The Morgan fingerprint density at radius 3 is 1.06 bits per heavy atom. The lowest BCUT2D eigenvalue weighted by atomic mass is 9.86. The van der Waals surface area contributed by atoms with Crippen molar-refractivity contribution in [1.82, 2.24) is 16.8 Å². The van der Waals surface area contributed by atoms with Crippen molar-refractivity contribution in [3.05, 3.63) is 209 Å². The fourth-order valence-electron chi connectivity index (χ4n) is 11.3. The number of carbonyl (C=O) groups excluding carboxylic acids is 3. The minimum Gasteiger partial charge on any atom is -0.412 e. The predicted octanol–water partition coefficient (Wildman–Crippen LogP) is 17.3. The van der Waals surface area contributed by atoms with Crippen LogP contribution in [0.25, 0.3) is 0 Å². The predicted molar refractivity (Wildman–Crippen MR) is 494 cm³/mol. The molecule has 0 aromatic heterocycles. The van der Waals surface area contributed by atoms with Gasteiger partial charge in [0.05, 0.1) is 41.5 Å². The van der Waals surface area contributed by atoms with Crippen molar-refractivity contribution in [3.8, 4) is 36.0 Å². The number of halogens is 11. The number of nitrogens with two attached hydrogens (primary N) is 2. The van der Waals surface area contributed by atoms with Gasteiger partial charge >= 0.3 is 24.2 Å². The highest BCUT2D eigenvalue weighted by Gasteiger charge is 2.40. The molecule has 0 saturated heterocycles. The van der Waals surface area contributed by atoms with E-state index in [1.54, 1.807) is 60.0 Å². The first-order valence-corrected chi connectivity index (χ1v) is 44.4. The summed E-state index contributed by atoms with van der Waals surface area (Å²) in [6, 6.07) is 43.0. The Morgan fingerprint density at radius 2 is 0.746 bits per heavy atom. The van der Waals surface area contributed by atoms with Gasteiger partial charge in [-0.15, -0.1) is 6.42 Å². The molecule has 31 heteroatoms. The van der Waals surface area contributed by atoms with Gasteiger partial charge in [0.15, 0.2) is 5.78 Å². The van der Waals surface area contributed by atoms with Gasteiger partial charge < -0.3 is 89.9 Å².